The van der Waals surface area contributed by atoms with E-state index < -0.39 is 0 Å². The maximum atomic E-state index is 3.44. The van der Waals surface area contributed by atoms with Gasteiger partial charge in [0.15, 0.2) is 0 Å². The highest BCUT2D eigenvalue weighted by Gasteiger charge is 2.10. The second-order valence-corrected chi connectivity index (χ2v) is 2.37. The Morgan fingerprint density at radius 3 is 3.00 bits per heavy atom. The van der Waals surface area contributed by atoms with Crippen LogP contribution in [0.2, 0.25) is 0 Å². The molecule has 0 bridgehead atoms. The fourth-order valence-electron chi connectivity index (χ4n) is 1.10. The van der Waals surface area contributed by atoms with Crippen molar-refractivity contribution in [3.8, 4) is 0 Å². The first-order valence-electron chi connectivity index (χ1n) is 3.48. The summed E-state index contributed by atoms with van der Waals surface area (Å²) in [4.78, 5) is 0. The molecule has 1 heterocycles. The third-order valence-corrected chi connectivity index (χ3v) is 1.73. The zero-order valence-electron chi connectivity index (χ0n) is 5.48. The van der Waals surface area contributed by atoms with Crippen molar-refractivity contribution < 1.29 is 5.32 Å². The highest BCUT2D eigenvalue weighted by molar-refractivity contribution is 4.63. The van der Waals surface area contributed by atoms with E-state index in [4.69, 9.17) is 0 Å². The molecule has 0 unspecified atom stereocenters. The molecule has 0 aromatic heterocycles. The lowest BCUT2D eigenvalue weighted by molar-refractivity contribution is -0.662. The van der Waals surface area contributed by atoms with Gasteiger partial charge >= 0.3 is 0 Å². The molecule has 1 fully saturated rings. The number of nitrogens with two attached hydrogens (primary N) is 1. The lowest BCUT2D eigenvalue weighted by Crippen LogP contribution is -2.91. The SMILES string of the molecule is CC[C@@H]1C[NH2+]CCN1. The normalized spacial score (nSPS) is 30.4. The Morgan fingerprint density at radius 2 is 2.62 bits per heavy atom. The first-order valence-corrected chi connectivity index (χ1v) is 3.48. The molecular weight excluding hydrogens is 100 g/mol. The molecule has 0 amide bonds. The molecule has 1 aliphatic heterocycles. The van der Waals surface area contributed by atoms with Gasteiger partial charge in [0.25, 0.3) is 0 Å². The Hall–Kier alpha value is -0.0800. The number of piperazine rings is 1. The van der Waals surface area contributed by atoms with Crippen molar-refractivity contribution in [1.29, 1.82) is 0 Å². The molecule has 0 spiro atoms. The fraction of sp³-hybridized carbons (Fsp3) is 1.00. The average Bonchev–Trinajstić information content (AvgIpc) is 1.90. The summed E-state index contributed by atoms with van der Waals surface area (Å²) in [7, 11) is 0. The van der Waals surface area contributed by atoms with Gasteiger partial charge in [-0.15, -0.1) is 0 Å². The van der Waals surface area contributed by atoms with Gasteiger partial charge in [0, 0.05) is 6.54 Å². The Labute approximate surface area is 50.7 Å². The Morgan fingerprint density at radius 1 is 1.75 bits per heavy atom. The van der Waals surface area contributed by atoms with Crippen molar-refractivity contribution in [3.05, 3.63) is 0 Å². The van der Waals surface area contributed by atoms with Crippen molar-refractivity contribution in [3.63, 3.8) is 0 Å². The molecule has 0 aromatic carbocycles. The predicted molar refractivity (Wildman–Crippen MR) is 33.7 cm³/mol. The summed E-state index contributed by atoms with van der Waals surface area (Å²) in [6.07, 6.45) is 1.27. The number of nitrogens with one attached hydrogen (secondary N) is 1. The summed E-state index contributed by atoms with van der Waals surface area (Å²) in [5, 5.41) is 5.82. The first-order chi connectivity index (χ1) is 3.93. The van der Waals surface area contributed by atoms with Gasteiger partial charge in [-0.2, -0.15) is 0 Å². The molecule has 0 aliphatic carbocycles. The quantitative estimate of drug-likeness (QED) is 0.448. The molecule has 1 saturated heterocycles. The minimum Gasteiger partial charge on any atom is -0.344 e. The van der Waals surface area contributed by atoms with Crippen molar-refractivity contribution >= 4 is 0 Å². The molecule has 0 saturated carbocycles. The van der Waals surface area contributed by atoms with Crippen molar-refractivity contribution in [1.82, 2.24) is 5.32 Å². The Bertz CT molecular complexity index is 57.5. The van der Waals surface area contributed by atoms with E-state index in [9.17, 15) is 0 Å². The van der Waals surface area contributed by atoms with Gasteiger partial charge in [0.2, 0.25) is 0 Å². The molecule has 0 aromatic rings. The highest BCUT2D eigenvalue weighted by atomic mass is 15.0. The first kappa shape index (κ1) is 6.05. The molecule has 2 nitrogen and oxygen atoms in total. The van der Waals surface area contributed by atoms with E-state index in [1.54, 1.807) is 0 Å². The van der Waals surface area contributed by atoms with E-state index in [-0.39, 0.29) is 0 Å². The number of quaternary nitrogens is 1. The number of hydrogen-bond donors (Lipinski definition) is 2. The van der Waals surface area contributed by atoms with Gasteiger partial charge in [0.1, 0.15) is 0 Å². The van der Waals surface area contributed by atoms with Crippen molar-refractivity contribution in [2.24, 2.45) is 0 Å². The number of rotatable bonds is 1. The highest BCUT2D eigenvalue weighted by Crippen LogP contribution is 1.86. The van der Waals surface area contributed by atoms with Crippen LogP contribution in [0.3, 0.4) is 0 Å². The number of hydrogen-bond acceptors (Lipinski definition) is 1. The van der Waals surface area contributed by atoms with Crippen LogP contribution < -0.4 is 10.6 Å². The second kappa shape index (κ2) is 3.05. The molecule has 48 valence electrons. The van der Waals surface area contributed by atoms with Gasteiger partial charge in [-0.25, -0.2) is 0 Å². The lowest BCUT2D eigenvalue weighted by Gasteiger charge is -2.19. The van der Waals surface area contributed by atoms with E-state index in [1.165, 1.54) is 26.1 Å². The van der Waals surface area contributed by atoms with Crippen molar-refractivity contribution in [2.75, 3.05) is 19.6 Å². The van der Waals surface area contributed by atoms with E-state index in [1.807, 2.05) is 0 Å². The van der Waals surface area contributed by atoms with E-state index in [2.05, 4.69) is 17.6 Å². The van der Waals surface area contributed by atoms with Crippen LogP contribution in [0.1, 0.15) is 13.3 Å². The molecule has 0 radical (unpaired) electrons. The minimum absolute atomic E-state index is 0.781. The summed E-state index contributed by atoms with van der Waals surface area (Å²) in [5.74, 6) is 0. The topological polar surface area (TPSA) is 28.6 Å². The average molecular weight is 115 g/mol. The summed E-state index contributed by atoms with van der Waals surface area (Å²) in [5.41, 5.74) is 0. The summed E-state index contributed by atoms with van der Waals surface area (Å²) in [6, 6.07) is 0.781. The largest absolute Gasteiger partial charge is 0.344 e. The zero-order chi connectivity index (χ0) is 5.82. The maximum absolute atomic E-state index is 3.44. The minimum atomic E-state index is 0.781. The van der Waals surface area contributed by atoms with Crippen LogP contribution in [-0.4, -0.2) is 25.7 Å². The molecule has 8 heavy (non-hydrogen) atoms. The van der Waals surface area contributed by atoms with Gasteiger partial charge in [-0.3, -0.25) is 0 Å². The van der Waals surface area contributed by atoms with Crippen LogP contribution in [0.4, 0.5) is 0 Å². The van der Waals surface area contributed by atoms with Crippen LogP contribution >= 0.6 is 0 Å². The molecular formula is C6H15N2+. The van der Waals surface area contributed by atoms with Crippen LogP contribution in [-0.2, 0) is 0 Å². The van der Waals surface area contributed by atoms with E-state index in [0.29, 0.717) is 0 Å². The van der Waals surface area contributed by atoms with Gasteiger partial charge < -0.3 is 10.6 Å². The molecule has 2 heteroatoms. The van der Waals surface area contributed by atoms with Crippen LogP contribution in [0.25, 0.3) is 0 Å². The van der Waals surface area contributed by atoms with Crippen LogP contribution in [0.5, 0.6) is 0 Å². The smallest absolute Gasteiger partial charge is 0.0911 e. The second-order valence-electron chi connectivity index (χ2n) is 2.37. The Kier molecular flexibility index (Phi) is 2.30. The molecule has 1 atom stereocenters. The maximum Gasteiger partial charge on any atom is 0.0911 e. The third-order valence-electron chi connectivity index (χ3n) is 1.73. The molecule has 1 rings (SSSR count). The fourth-order valence-corrected chi connectivity index (χ4v) is 1.10. The van der Waals surface area contributed by atoms with Gasteiger partial charge in [-0.1, -0.05) is 6.92 Å². The monoisotopic (exact) mass is 115 g/mol. The summed E-state index contributed by atoms with van der Waals surface area (Å²) >= 11 is 0. The van der Waals surface area contributed by atoms with Gasteiger partial charge in [-0.05, 0) is 6.42 Å². The van der Waals surface area contributed by atoms with Crippen molar-refractivity contribution in [2.45, 2.75) is 19.4 Å². The summed E-state index contributed by atoms with van der Waals surface area (Å²) < 4.78 is 0. The summed E-state index contributed by atoms with van der Waals surface area (Å²) in [6.45, 7) is 5.96. The van der Waals surface area contributed by atoms with Crippen LogP contribution in [0, 0.1) is 0 Å². The Balaban J connectivity index is 2.13. The lowest BCUT2D eigenvalue weighted by atomic mass is 10.2. The standard InChI is InChI=1S/C6H14N2/c1-2-6-5-7-3-4-8-6/h6-8H,2-5H2,1H3/p+1/t6-/m1/s1. The molecule has 3 N–H and O–H groups in total. The molecule has 1 aliphatic rings. The predicted octanol–water partition coefficient (Wildman–Crippen LogP) is -1.07. The van der Waals surface area contributed by atoms with Gasteiger partial charge in [0.05, 0.1) is 19.1 Å². The van der Waals surface area contributed by atoms with E-state index >= 15 is 0 Å². The van der Waals surface area contributed by atoms with Crippen LogP contribution in [0.15, 0.2) is 0 Å². The zero-order valence-corrected chi connectivity index (χ0v) is 5.48. The third kappa shape index (κ3) is 1.46. The van der Waals surface area contributed by atoms with E-state index in [0.717, 1.165) is 6.04 Å².